The number of unbranched alkanes of at least 4 members (excludes halogenated alkanes) is 11. The van der Waals surface area contributed by atoms with E-state index in [1.54, 1.807) is 6.08 Å². The van der Waals surface area contributed by atoms with Gasteiger partial charge in [0.05, 0.1) is 6.10 Å². The maximum atomic E-state index is 12.9. The SMILES string of the molecule is CCCCCCCCCCCC(=O)O[C@@H]1CC(=O)[C@H](C/C=C\CCCC(=O)O)[C@H]1/C=C/[C@@H](O)CCCCC. The Balaban J connectivity index is 2.59. The lowest BCUT2D eigenvalue weighted by Gasteiger charge is -2.21. The molecule has 0 heterocycles. The van der Waals surface area contributed by atoms with Crippen molar-refractivity contribution in [2.45, 2.75) is 148 Å². The molecular weight excluding hydrogens is 480 g/mol. The van der Waals surface area contributed by atoms with E-state index in [1.807, 2.05) is 18.2 Å². The molecule has 0 aromatic rings. The molecule has 0 aromatic carbocycles. The molecule has 1 aliphatic carbocycles. The molecule has 1 fully saturated rings. The summed E-state index contributed by atoms with van der Waals surface area (Å²) in [5.74, 6) is -1.51. The van der Waals surface area contributed by atoms with Crippen molar-refractivity contribution < 1.29 is 29.3 Å². The summed E-state index contributed by atoms with van der Waals surface area (Å²) in [6, 6.07) is 0. The number of ketones is 1. The Kier molecular flexibility index (Phi) is 19.7. The Morgan fingerprint density at radius 3 is 2.18 bits per heavy atom. The van der Waals surface area contributed by atoms with E-state index < -0.39 is 18.2 Å². The molecule has 38 heavy (non-hydrogen) atoms. The lowest BCUT2D eigenvalue weighted by atomic mass is 9.90. The van der Waals surface area contributed by atoms with Gasteiger partial charge >= 0.3 is 11.9 Å². The number of hydrogen-bond donors (Lipinski definition) is 2. The summed E-state index contributed by atoms with van der Waals surface area (Å²) in [7, 11) is 0. The second-order valence-electron chi connectivity index (χ2n) is 10.9. The number of aliphatic carboxylic acids is 1. The van der Waals surface area contributed by atoms with Gasteiger partial charge in [0.1, 0.15) is 11.9 Å². The number of carboxylic acid groups (broad SMARTS) is 1. The molecule has 1 aliphatic rings. The predicted octanol–water partition coefficient (Wildman–Crippen LogP) is 7.72. The fourth-order valence-electron chi connectivity index (χ4n) is 5.12. The summed E-state index contributed by atoms with van der Waals surface area (Å²) in [6.45, 7) is 4.35. The Labute approximate surface area is 231 Å². The van der Waals surface area contributed by atoms with Crippen molar-refractivity contribution in [2.24, 2.45) is 11.8 Å². The van der Waals surface area contributed by atoms with Crippen LogP contribution in [-0.4, -0.2) is 40.1 Å². The normalized spacial score (nSPS) is 20.5. The average molecular weight is 535 g/mol. The molecule has 0 bridgehead atoms. The van der Waals surface area contributed by atoms with Gasteiger partial charge in [0.15, 0.2) is 0 Å². The zero-order valence-corrected chi connectivity index (χ0v) is 24.1. The Morgan fingerprint density at radius 1 is 0.895 bits per heavy atom. The largest absolute Gasteiger partial charge is 0.481 e. The smallest absolute Gasteiger partial charge is 0.306 e. The van der Waals surface area contributed by atoms with Crippen molar-refractivity contribution in [3.8, 4) is 0 Å². The molecule has 2 N–H and O–H groups in total. The minimum Gasteiger partial charge on any atom is -0.481 e. The van der Waals surface area contributed by atoms with E-state index in [0.717, 1.165) is 38.5 Å². The summed E-state index contributed by atoms with van der Waals surface area (Å²) >= 11 is 0. The van der Waals surface area contributed by atoms with Gasteiger partial charge in [-0.3, -0.25) is 14.4 Å². The second kappa shape index (κ2) is 21.9. The first-order chi connectivity index (χ1) is 18.4. The molecule has 0 amide bonds. The van der Waals surface area contributed by atoms with E-state index in [-0.39, 0.29) is 36.4 Å². The zero-order valence-electron chi connectivity index (χ0n) is 24.1. The van der Waals surface area contributed by atoms with E-state index in [2.05, 4.69) is 13.8 Å². The van der Waals surface area contributed by atoms with Gasteiger partial charge in [0.2, 0.25) is 0 Å². The maximum absolute atomic E-state index is 12.9. The second-order valence-corrected chi connectivity index (χ2v) is 10.9. The van der Waals surface area contributed by atoms with Gasteiger partial charge in [-0.25, -0.2) is 0 Å². The highest BCUT2D eigenvalue weighted by atomic mass is 16.5. The first kappa shape index (κ1) is 34.1. The molecule has 0 aromatic heterocycles. The number of aliphatic hydroxyl groups is 1. The van der Waals surface area contributed by atoms with Gasteiger partial charge in [-0.2, -0.15) is 0 Å². The van der Waals surface area contributed by atoms with E-state index in [0.29, 0.717) is 32.1 Å². The molecule has 4 atom stereocenters. The first-order valence-electron chi connectivity index (χ1n) is 15.3. The van der Waals surface area contributed by atoms with Crippen LogP contribution in [0.1, 0.15) is 136 Å². The molecule has 218 valence electrons. The third-order valence-electron chi connectivity index (χ3n) is 7.45. The fourth-order valence-corrected chi connectivity index (χ4v) is 5.12. The van der Waals surface area contributed by atoms with Crippen molar-refractivity contribution in [3.63, 3.8) is 0 Å². The van der Waals surface area contributed by atoms with Crippen LogP contribution in [0.15, 0.2) is 24.3 Å². The summed E-state index contributed by atoms with van der Waals surface area (Å²) in [5, 5.41) is 19.2. The van der Waals surface area contributed by atoms with Gasteiger partial charge in [0.25, 0.3) is 0 Å². The number of allylic oxidation sites excluding steroid dienone is 2. The standard InChI is InChI=1S/C32H54O6/c1-3-5-7-8-9-10-11-12-18-22-32(37)38-30-25-29(34)27(20-16-13-14-17-21-31(35)36)28(30)24-23-26(33)19-15-6-4-2/h13,16,23-24,26-28,30,33H,3-12,14-15,17-22,25H2,1-2H3,(H,35,36)/b16-13-,24-23+/t26-,27+,28+,30+/m0/s1. The van der Waals surface area contributed by atoms with Crippen molar-refractivity contribution in [2.75, 3.05) is 0 Å². The van der Waals surface area contributed by atoms with Crippen molar-refractivity contribution in [3.05, 3.63) is 24.3 Å². The highest BCUT2D eigenvalue weighted by molar-refractivity contribution is 5.85. The Bertz CT molecular complexity index is 713. The number of carboxylic acids is 1. The van der Waals surface area contributed by atoms with Crippen LogP contribution in [0.2, 0.25) is 0 Å². The Hall–Kier alpha value is -1.95. The first-order valence-corrected chi connectivity index (χ1v) is 15.3. The number of carbonyl (C=O) groups is 3. The number of rotatable bonds is 23. The average Bonchev–Trinajstić information content (AvgIpc) is 3.17. The van der Waals surface area contributed by atoms with Crippen LogP contribution in [0.4, 0.5) is 0 Å². The quantitative estimate of drug-likeness (QED) is 0.0790. The molecule has 0 aliphatic heterocycles. The van der Waals surface area contributed by atoms with Crippen LogP contribution < -0.4 is 0 Å². The predicted molar refractivity (Wildman–Crippen MR) is 153 cm³/mol. The van der Waals surface area contributed by atoms with Gasteiger partial charge < -0.3 is 14.9 Å². The van der Waals surface area contributed by atoms with Crippen molar-refractivity contribution in [1.82, 2.24) is 0 Å². The van der Waals surface area contributed by atoms with E-state index in [1.165, 1.54) is 38.5 Å². The van der Waals surface area contributed by atoms with Crippen LogP contribution in [0.3, 0.4) is 0 Å². The highest BCUT2D eigenvalue weighted by Gasteiger charge is 2.42. The van der Waals surface area contributed by atoms with Gasteiger partial charge in [-0.05, 0) is 32.1 Å². The lowest BCUT2D eigenvalue weighted by Crippen LogP contribution is -2.24. The fraction of sp³-hybridized carbons (Fsp3) is 0.781. The molecular formula is C32H54O6. The number of Topliss-reactive ketones (excluding diaryl/α,β-unsaturated/α-hetero) is 1. The van der Waals surface area contributed by atoms with Crippen LogP contribution in [0.5, 0.6) is 0 Å². The zero-order chi connectivity index (χ0) is 28.0. The summed E-state index contributed by atoms with van der Waals surface area (Å²) in [5.41, 5.74) is 0. The molecule has 1 rings (SSSR count). The third kappa shape index (κ3) is 16.1. The van der Waals surface area contributed by atoms with Gasteiger partial charge in [0, 0.05) is 31.1 Å². The number of hydrogen-bond acceptors (Lipinski definition) is 5. The Morgan fingerprint density at radius 2 is 1.53 bits per heavy atom. The van der Waals surface area contributed by atoms with Crippen molar-refractivity contribution >= 4 is 17.7 Å². The van der Waals surface area contributed by atoms with Crippen LogP contribution >= 0.6 is 0 Å². The lowest BCUT2D eigenvalue weighted by molar-refractivity contribution is -0.150. The van der Waals surface area contributed by atoms with E-state index >= 15 is 0 Å². The van der Waals surface area contributed by atoms with Crippen LogP contribution in [0, 0.1) is 11.8 Å². The van der Waals surface area contributed by atoms with Crippen molar-refractivity contribution in [1.29, 1.82) is 0 Å². The molecule has 0 radical (unpaired) electrons. The number of aliphatic hydroxyl groups excluding tert-OH is 1. The summed E-state index contributed by atoms with van der Waals surface area (Å²) in [4.78, 5) is 36.1. The molecule has 0 unspecified atom stereocenters. The minimum atomic E-state index is -0.806. The van der Waals surface area contributed by atoms with Gasteiger partial charge in [-0.1, -0.05) is 109 Å². The minimum absolute atomic E-state index is 0.0798. The molecule has 0 saturated heterocycles. The highest BCUT2D eigenvalue weighted by Crippen LogP contribution is 2.36. The monoisotopic (exact) mass is 534 g/mol. The molecule has 6 heteroatoms. The van der Waals surface area contributed by atoms with Crippen LogP contribution in [-0.2, 0) is 19.1 Å². The summed E-state index contributed by atoms with van der Waals surface area (Å²) in [6.07, 6.45) is 23.4. The number of ether oxygens (including phenoxy) is 1. The molecule has 6 nitrogen and oxygen atoms in total. The number of carbonyl (C=O) groups excluding carboxylic acids is 2. The van der Waals surface area contributed by atoms with Crippen LogP contribution in [0.25, 0.3) is 0 Å². The molecule has 0 spiro atoms. The summed E-state index contributed by atoms with van der Waals surface area (Å²) < 4.78 is 5.82. The number of esters is 1. The van der Waals surface area contributed by atoms with Gasteiger partial charge in [-0.15, -0.1) is 0 Å². The maximum Gasteiger partial charge on any atom is 0.306 e. The van der Waals surface area contributed by atoms with E-state index in [4.69, 9.17) is 9.84 Å². The third-order valence-corrected chi connectivity index (χ3v) is 7.45. The van der Waals surface area contributed by atoms with E-state index in [9.17, 15) is 19.5 Å². The topological polar surface area (TPSA) is 101 Å². The molecule has 1 saturated carbocycles.